The molecule has 0 unspecified atom stereocenters. The maximum absolute atomic E-state index is 11.5. The van der Waals surface area contributed by atoms with Crippen molar-refractivity contribution in [3.63, 3.8) is 0 Å². The number of esters is 1. The zero-order valence-corrected chi connectivity index (χ0v) is 11.6. The average Bonchev–Trinajstić information content (AvgIpc) is 2.79. The van der Waals surface area contributed by atoms with Gasteiger partial charge in [0.2, 0.25) is 0 Å². The molecule has 0 saturated carbocycles. The molecule has 0 fully saturated rings. The number of hydrogen-bond acceptors (Lipinski definition) is 5. The topological polar surface area (TPSA) is 65.7 Å². The number of aromatic nitrogens is 3. The molecule has 7 heteroatoms. The van der Waals surface area contributed by atoms with Gasteiger partial charge in [-0.2, -0.15) is 0 Å². The Kier molecular flexibility index (Phi) is 4.01. The summed E-state index contributed by atoms with van der Waals surface area (Å²) in [5.74, 6) is 0.115. The van der Waals surface area contributed by atoms with Gasteiger partial charge in [-0.3, -0.25) is 4.40 Å². The largest absolute Gasteiger partial charge is 0.465 e. The Balaban J connectivity index is 2.44. The van der Waals surface area contributed by atoms with Crippen LogP contribution >= 0.6 is 11.6 Å². The number of methoxy groups -OCH3 is 1. The molecule has 19 heavy (non-hydrogen) atoms. The van der Waals surface area contributed by atoms with E-state index in [0.29, 0.717) is 28.7 Å². The minimum atomic E-state index is -0.465. The number of rotatable bonds is 4. The molecule has 2 heterocycles. The summed E-state index contributed by atoms with van der Waals surface area (Å²) in [6, 6.07) is 1.50. The van der Waals surface area contributed by atoms with Crippen molar-refractivity contribution in [2.45, 2.75) is 26.6 Å². The van der Waals surface area contributed by atoms with E-state index in [0.717, 1.165) is 0 Å². The molecule has 0 aromatic carbocycles. The van der Waals surface area contributed by atoms with Gasteiger partial charge in [0.05, 0.1) is 23.8 Å². The van der Waals surface area contributed by atoms with Crippen molar-refractivity contribution in [2.24, 2.45) is 0 Å². The highest BCUT2D eigenvalue weighted by Crippen LogP contribution is 2.19. The highest BCUT2D eigenvalue weighted by Gasteiger charge is 2.14. The van der Waals surface area contributed by atoms with Gasteiger partial charge in [-0.05, 0) is 19.9 Å². The lowest BCUT2D eigenvalue weighted by Crippen LogP contribution is -2.07. The second-order valence-electron chi connectivity index (χ2n) is 4.24. The molecule has 0 aliphatic carbocycles. The van der Waals surface area contributed by atoms with Crippen LogP contribution in [0.1, 0.15) is 30.0 Å². The summed E-state index contributed by atoms with van der Waals surface area (Å²) in [6.07, 6.45) is 1.66. The van der Waals surface area contributed by atoms with Crippen molar-refractivity contribution in [2.75, 3.05) is 7.11 Å². The van der Waals surface area contributed by atoms with E-state index < -0.39 is 5.97 Å². The first-order chi connectivity index (χ1) is 9.02. The van der Waals surface area contributed by atoms with Gasteiger partial charge >= 0.3 is 5.97 Å². The Morgan fingerprint density at radius 2 is 2.21 bits per heavy atom. The summed E-state index contributed by atoms with van der Waals surface area (Å²) in [5.41, 5.74) is 0.822. The molecule has 0 radical (unpaired) electrons. The van der Waals surface area contributed by atoms with Crippen LogP contribution in [-0.4, -0.2) is 33.8 Å². The normalized spacial score (nSPS) is 11.2. The summed E-state index contributed by atoms with van der Waals surface area (Å²) >= 11 is 6.07. The van der Waals surface area contributed by atoms with E-state index in [-0.39, 0.29) is 6.10 Å². The Morgan fingerprint density at radius 1 is 1.47 bits per heavy atom. The molecule has 2 aromatic rings. The molecular weight excluding hydrogens is 270 g/mol. The maximum Gasteiger partial charge on any atom is 0.339 e. The number of ether oxygens (including phenoxy) is 2. The van der Waals surface area contributed by atoms with Crippen molar-refractivity contribution in [3.05, 3.63) is 28.7 Å². The second kappa shape index (κ2) is 5.54. The van der Waals surface area contributed by atoms with Crippen molar-refractivity contribution in [1.29, 1.82) is 0 Å². The van der Waals surface area contributed by atoms with E-state index in [4.69, 9.17) is 16.3 Å². The zero-order valence-electron chi connectivity index (χ0n) is 10.9. The van der Waals surface area contributed by atoms with Crippen LogP contribution in [0.3, 0.4) is 0 Å². The number of carbonyl (C=O) groups excluding carboxylic acids is 1. The highest BCUT2D eigenvalue weighted by molar-refractivity contribution is 6.33. The van der Waals surface area contributed by atoms with Gasteiger partial charge in [0, 0.05) is 6.20 Å². The lowest BCUT2D eigenvalue weighted by molar-refractivity contribution is 0.0591. The molecule has 2 aromatic heterocycles. The van der Waals surface area contributed by atoms with Gasteiger partial charge in [-0.1, -0.05) is 11.6 Å². The van der Waals surface area contributed by atoms with Gasteiger partial charge in [0.1, 0.15) is 6.61 Å². The Hall–Kier alpha value is -1.66. The molecule has 2 rings (SSSR count). The number of hydrogen-bond donors (Lipinski definition) is 0. The standard InChI is InChI=1S/C12H14ClN3O3/c1-7(2)19-6-10-14-15-11-9(13)4-8(5-16(10)11)12(17)18-3/h4-5,7H,6H2,1-3H3. The van der Waals surface area contributed by atoms with Crippen molar-refractivity contribution in [1.82, 2.24) is 14.6 Å². The summed E-state index contributed by atoms with van der Waals surface area (Å²) < 4.78 is 11.8. The zero-order chi connectivity index (χ0) is 14.0. The predicted octanol–water partition coefficient (Wildman–Crippen LogP) is 2.09. The fourth-order valence-electron chi connectivity index (χ4n) is 1.57. The molecule has 0 amide bonds. The van der Waals surface area contributed by atoms with Crippen LogP contribution in [-0.2, 0) is 16.1 Å². The highest BCUT2D eigenvalue weighted by atomic mass is 35.5. The van der Waals surface area contributed by atoms with Crippen molar-refractivity contribution < 1.29 is 14.3 Å². The first-order valence-corrected chi connectivity index (χ1v) is 6.13. The molecule has 0 aliphatic rings. The molecule has 0 aliphatic heterocycles. The number of fused-ring (bicyclic) bond motifs is 1. The van der Waals surface area contributed by atoms with Crippen molar-refractivity contribution in [3.8, 4) is 0 Å². The molecule has 102 valence electrons. The molecule has 0 saturated heterocycles. The summed E-state index contributed by atoms with van der Waals surface area (Å²) in [4.78, 5) is 11.5. The average molecular weight is 284 g/mol. The molecule has 0 spiro atoms. The first-order valence-electron chi connectivity index (χ1n) is 5.76. The minimum Gasteiger partial charge on any atom is -0.465 e. The van der Waals surface area contributed by atoms with E-state index in [9.17, 15) is 4.79 Å². The van der Waals surface area contributed by atoms with Crippen LogP contribution < -0.4 is 0 Å². The number of pyridine rings is 1. The second-order valence-corrected chi connectivity index (χ2v) is 4.65. The molecule has 0 N–H and O–H groups in total. The van der Waals surface area contributed by atoms with Gasteiger partial charge < -0.3 is 9.47 Å². The monoisotopic (exact) mass is 283 g/mol. The van der Waals surface area contributed by atoms with E-state index >= 15 is 0 Å². The first kappa shape index (κ1) is 13.8. The van der Waals surface area contributed by atoms with Gasteiger partial charge in [0.25, 0.3) is 0 Å². The fraction of sp³-hybridized carbons (Fsp3) is 0.417. The Labute approximate surface area is 115 Å². The summed E-state index contributed by atoms with van der Waals surface area (Å²) in [6.45, 7) is 4.14. The quantitative estimate of drug-likeness (QED) is 0.804. The Morgan fingerprint density at radius 3 is 2.84 bits per heavy atom. The van der Waals surface area contributed by atoms with Crippen LogP contribution in [0.5, 0.6) is 0 Å². The number of carbonyl (C=O) groups is 1. The van der Waals surface area contributed by atoms with E-state index in [1.165, 1.54) is 13.2 Å². The molecule has 0 bridgehead atoms. The predicted molar refractivity (Wildman–Crippen MR) is 69.3 cm³/mol. The summed E-state index contributed by atoms with van der Waals surface area (Å²) in [7, 11) is 1.31. The third-order valence-electron chi connectivity index (χ3n) is 2.50. The SMILES string of the molecule is COC(=O)c1cc(Cl)c2nnc(COC(C)C)n2c1. The summed E-state index contributed by atoms with van der Waals surface area (Å²) in [5, 5.41) is 8.32. The third kappa shape index (κ3) is 2.85. The molecular formula is C12H14ClN3O3. The number of halogens is 1. The fourth-order valence-corrected chi connectivity index (χ4v) is 1.82. The lowest BCUT2D eigenvalue weighted by atomic mass is 10.3. The lowest BCUT2D eigenvalue weighted by Gasteiger charge is -2.07. The van der Waals surface area contributed by atoms with Gasteiger partial charge in [-0.15, -0.1) is 10.2 Å². The van der Waals surface area contributed by atoms with Gasteiger partial charge in [-0.25, -0.2) is 4.79 Å². The van der Waals surface area contributed by atoms with Crippen LogP contribution in [0, 0.1) is 0 Å². The van der Waals surface area contributed by atoms with Crippen LogP contribution in [0.4, 0.5) is 0 Å². The van der Waals surface area contributed by atoms with Crippen LogP contribution in [0.2, 0.25) is 5.02 Å². The van der Waals surface area contributed by atoms with E-state index in [1.807, 2.05) is 13.8 Å². The molecule has 0 atom stereocenters. The third-order valence-corrected chi connectivity index (χ3v) is 2.78. The van der Waals surface area contributed by atoms with Crippen LogP contribution in [0.15, 0.2) is 12.3 Å². The number of nitrogens with zero attached hydrogens (tertiary/aromatic N) is 3. The van der Waals surface area contributed by atoms with E-state index in [2.05, 4.69) is 14.9 Å². The minimum absolute atomic E-state index is 0.0756. The molecule has 6 nitrogen and oxygen atoms in total. The Bertz CT molecular complexity index is 610. The maximum atomic E-state index is 11.5. The van der Waals surface area contributed by atoms with E-state index in [1.54, 1.807) is 10.6 Å². The van der Waals surface area contributed by atoms with Crippen LogP contribution in [0.25, 0.3) is 5.65 Å². The van der Waals surface area contributed by atoms with Crippen molar-refractivity contribution >= 4 is 23.2 Å². The smallest absolute Gasteiger partial charge is 0.339 e. The van der Waals surface area contributed by atoms with Gasteiger partial charge in [0.15, 0.2) is 11.5 Å².